The molecule has 4 nitrogen and oxygen atoms in total. The Hall–Kier alpha value is -1.07. The van der Waals surface area contributed by atoms with Crippen LogP contribution in [0.3, 0.4) is 0 Å². The predicted octanol–water partition coefficient (Wildman–Crippen LogP) is 1.69. The molecule has 6 heteroatoms. The molecule has 0 radical (unpaired) electrons. The van der Waals surface area contributed by atoms with Gasteiger partial charge in [0.15, 0.2) is 10.8 Å². The lowest BCUT2D eigenvalue weighted by Gasteiger charge is -2.03. The van der Waals surface area contributed by atoms with Crippen LogP contribution in [-0.2, 0) is 0 Å². The highest BCUT2D eigenvalue weighted by Gasteiger charge is 2.08. The van der Waals surface area contributed by atoms with Gasteiger partial charge in [-0.1, -0.05) is 11.6 Å². The van der Waals surface area contributed by atoms with Crippen LogP contribution in [0.5, 0.6) is 0 Å². The molecule has 14 heavy (non-hydrogen) atoms. The number of nitrogen functional groups attached to an aromatic ring is 1. The summed E-state index contributed by atoms with van der Waals surface area (Å²) in [5.41, 5.74) is 5.51. The molecular weight excluding hydrogens is 269 g/mol. The van der Waals surface area contributed by atoms with Crippen molar-refractivity contribution in [1.82, 2.24) is 9.38 Å². The van der Waals surface area contributed by atoms with Crippen molar-refractivity contribution in [1.29, 1.82) is 0 Å². The molecule has 0 saturated carbocycles. The fraction of sp³-hybridized carbons (Fsp3) is 0. The highest BCUT2D eigenvalue weighted by Crippen LogP contribution is 2.18. The molecule has 0 bridgehead atoms. The fourth-order valence-corrected chi connectivity index (χ4v) is 1.71. The summed E-state index contributed by atoms with van der Waals surface area (Å²) in [6.07, 6.45) is 1.59. The van der Waals surface area contributed by atoms with Gasteiger partial charge in [-0.2, -0.15) is 0 Å². The maximum absolute atomic E-state index is 11.6. The predicted molar refractivity (Wildman–Crippen MR) is 58.6 cm³/mol. The maximum Gasteiger partial charge on any atom is 0.282 e. The first-order valence-electron chi connectivity index (χ1n) is 3.73. The van der Waals surface area contributed by atoms with E-state index in [2.05, 4.69) is 20.9 Å². The Morgan fingerprint density at radius 3 is 3.00 bits per heavy atom. The van der Waals surface area contributed by atoms with Crippen molar-refractivity contribution in [3.63, 3.8) is 0 Å². The first-order chi connectivity index (χ1) is 6.61. The van der Waals surface area contributed by atoms with Crippen LogP contribution in [0.25, 0.3) is 5.65 Å². The minimum Gasteiger partial charge on any atom is -0.392 e. The number of fused-ring (bicyclic) bond motifs is 1. The first kappa shape index (κ1) is 9.48. The minimum absolute atomic E-state index is 0.0295. The number of hydrogen-bond acceptors (Lipinski definition) is 3. The molecule has 72 valence electrons. The topological polar surface area (TPSA) is 60.4 Å². The van der Waals surface area contributed by atoms with E-state index in [0.29, 0.717) is 10.1 Å². The van der Waals surface area contributed by atoms with Crippen LogP contribution in [0.4, 0.5) is 5.69 Å². The molecule has 2 heterocycles. The summed E-state index contributed by atoms with van der Waals surface area (Å²) in [5.74, 6) is 0. The molecule has 2 N–H and O–H groups in total. The smallest absolute Gasteiger partial charge is 0.282 e. The summed E-state index contributed by atoms with van der Waals surface area (Å²) < 4.78 is 2.03. The van der Waals surface area contributed by atoms with E-state index in [4.69, 9.17) is 17.3 Å². The second-order valence-electron chi connectivity index (χ2n) is 2.67. The largest absolute Gasteiger partial charge is 0.392 e. The zero-order valence-electron chi connectivity index (χ0n) is 6.87. The summed E-state index contributed by atoms with van der Waals surface area (Å²) in [6.45, 7) is 0. The number of anilines is 1. The van der Waals surface area contributed by atoms with Gasteiger partial charge in [0.2, 0.25) is 0 Å². The molecule has 0 aliphatic heterocycles. The normalized spacial score (nSPS) is 10.7. The van der Waals surface area contributed by atoms with Gasteiger partial charge in [-0.05, 0) is 28.1 Å². The molecule has 2 aromatic heterocycles. The molecule has 0 aliphatic carbocycles. The third-order valence-electron chi connectivity index (χ3n) is 1.80. The van der Waals surface area contributed by atoms with Crippen molar-refractivity contribution in [3.8, 4) is 0 Å². The van der Waals surface area contributed by atoms with Crippen molar-refractivity contribution >= 4 is 38.9 Å². The van der Waals surface area contributed by atoms with Gasteiger partial charge < -0.3 is 5.73 Å². The molecule has 0 spiro atoms. The van der Waals surface area contributed by atoms with Crippen LogP contribution in [0, 0.1) is 0 Å². The molecular formula is C8H5BrClN3O. The number of hydrogen-bond donors (Lipinski definition) is 1. The molecule has 0 aromatic carbocycles. The Bertz CT molecular complexity index is 566. The number of aromatic nitrogens is 2. The highest BCUT2D eigenvalue weighted by atomic mass is 79.9. The highest BCUT2D eigenvalue weighted by molar-refractivity contribution is 9.10. The SMILES string of the molecule is Nc1c(Cl)nc2c(Br)cccn2c1=O. The third-order valence-corrected chi connectivity index (χ3v) is 2.70. The average molecular weight is 275 g/mol. The van der Waals surface area contributed by atoms with Gasteiger partial charge in [0.1, 0.15) is 5.69 Å². The van der Waals surface area contributed by atoms with Crippen molar-refractivity contribution in [2.75, 3.05) is 5.73 Å². The second kappa shape index (κ2) is 3.25. The Morgan fingerprint density at radius 1 is 1.57 bits per heavy atom. The quantitative estimate of drug-likeness (QED) is 0.744. The van der Waals surface area contributed by atoms with Crippen LogP contribution in [0.2, 0.25) is 5.15 Å². The van der Waals surface area contributed by atoms with Crippen molar-refractivity contribution in [2.45, 2.75) is 0 Å². The molecule has 2 rings (SSSR count). The molecule has 0 saturated heterocycles. The molecule has 0 fully saturated rings. The van der Waals surface area contributed by atoms with E-state index in [1.807, 2.05) is 0 Å². The Balaban J connectivity index is 3.06. The van der Waals surface area contributed by atoms with Crippen LogP contribution >= 0.6 is 27.5 Å². The van der Waals surface area contributed by atoms with Crippen LogP contribution in [0.15, 0.2) is 27.6 Å². The molecule has 2 aromatic rings. The van der Waals surface area contributed by atoms with E-state index in [0.717, 1.165) is 0 Å². The zero-order valence-corrected chi connectivity index (χ0v) is 9.21. The average Bonchev–Trinajstić information content (AvgIpc) is 2.17. The Morgan fingerprint density at radius 2 is 2.29 bits per heavy atom. The van der Waals surface area contributed by atoms with Crippen molar-refractivity contribution < 1.29 is 0 Å². The summed E-state index contributed by atoms with van der Waals surface area (Å²) in [4.78, 5) is 15.6. The van der Waals surface area contributed by atoms with E-state index >= 15 is 0 Å². The number of nitrogens with two attached hydrogens (primary N) is 1. The lowest BCUT2D eigenvalue weighted by atomic mass is 10.4. The van der Waals surface area contributed by atoms with Gasteiger partial charge in [-0.25, -0.2) is 4.98 Å². The van der Waals surface area contributed by atoms with E-state index in [1.54, 1.807) is 18.3 Å². The lowest BCUT2D eigenvalue weighted by molar-refractivity contribution is 1.05. The fourth-order valence-electron chi connectivity index (χ4n) is 1.12. The zero-order chi connectivity index (χ0) is 10.3. The van der Waals surface area contributed by atoms with Crippen LogP contribution in [-0.4, -0.2) is 9.38 Å². The van der Waals surface area contributed by atoms with Gasteiger partial charge in [0.05, 0.1) is 4.47 Å². The van der Waals surface area contributed by atoms with E-state index < -0.39 is 0 Å². The summed E-state index contributed by atoms with van der Waals surface area (Å²) in [7, 11) is 0. The minimum atomic E-state index is -0.360. The van der Waals surface area contributed by atoms with Crippen molar-refractivity contribution in [2.24, 2.45) is 0 Å². The van der Waals surface area contributed by atoms with Gasteiger partial charge in [-0.15, -0.1) is 0 Å². The van der Waals surface area contributed by atoms with E-state index in [9.17, 15) is 4.79 Å². The summed E-state index contributed by atoms with van der Waals surface area (Å²) >= 11 is 8.96. The number of nitrogens with zero attached hydrogens (tertiary/aromatic N) is 2. The van der Waals surface area contributed by atoms with Crippen LogP contribution < -0.4 is 11.3 Å². The van der Waals surface area contributed by atoms with E-state index in [1.165, 1.54) is 4.40 Å². The lowest BCUT2D eigenvalue weighted by Crippen LogP contribution is -2.19. The van der Waals surface area contributed by atoms with Gasteiger partial charge in [-0.3, -0.25) is 9.20 Å². The Labute approximate surface area is 92.5 Å². The molecule has 0 amide bonds. The number of pyridine rings is 1. The molecule has 0 unspecified atom stereocenters. The second-order valence-corrected chi connectivity index (χ2v) is 3.88. The summed E-state index contributed by atoms with van der Waals surface area (Å²) in [5, 5.41) is 0.0295. The number of halogens is 2. The van der Waals surface area contributed by atoms with E-state index in [-0.39, 0.29) is 16.4 Å². The van der Waals surface area contributed by atoms with Gasteiger partial charge in [0, 0.05) is 6.20 Å². The van der Waals surface area contributed by atoms with Crippen molar-refractivity contribution in [3.05, 3.63) is 38.3 Å². The van der Waals surface area contributed by atoms with Crippen LogP contribution in [0.1, 0.15) is 0 Å². The summed E-state index contributed by atoms with van der Waals surface area (Å²) in [6, 6.07) is 3.49. The Kier molecular flexibility index (Phi) is 2.20. The molecule has 0 atom stereocenters. The monoisotopic (exact) mass is 273 g/mol. The standard InChI is InChI=1S/C8H5BrClN3O/c9-4-2-1-3-13-7(4)12-6(10)5(11)8(13)14/h1-3H,11H2. The maximum atomic E-state index is 11.6. The van der Waals surface area contributed by atoms with Gasteiger partial charge >= 0.3 is 0 Å². The third kappa shape index (κ3) is 1.29. The van der Waals surface area contributed by atoms with Gasteiger partial charge in [0.25, 0.3) is 5.56 Å². The molecule has 0 aliphatic rings. The number of rotatable bonds is 0. The first-order valence-corrected chi connectivity index (χ1v) is 4.90.